The lowest BCUT2D eigenvalue weighted by atomic mass is 10.1. The van der Waals surface area contributed by atoms with Gasteiger partial charge in [-0.3, -0.25) is 0 Å². The van der Waals surface area contributed by atoms with Crippen LogP contribution in [0, 0.1) is 0 Å². The molecule has 74 valence electrons. The summed E-state index contributed by atoms with van der Waals surface area (Å²) in [5.41, 5.74) is 2.35. The molecule has 0 unspecified atom stereocenters. The highest BCUT2D eigenvalue weighted by atomic mass is 32.1. The molecule has 0 saturated heterocycles. The number of fused-ring (bicyclic) bond motifs is 1. The van der Waals surface area contributed by atoms with E-state index in [4.69, 9.17) is 5.11 Å². The second kappa shape index (κ2) is 3.06. The van der Waals surface area contributed by atoms with Crippen molar-refractivity contribution in [2.75, 3.05) is 0 Å². The Morgan fingerprint density at radius 3 is 2.93 bits per heavy atom. The summed E-state index contributed by atoms with van der Waals surface area (Å²) in [6.45, 7) is 3.83. The number of carbonyl (C=O) groups is 1. The van der Waals surface area contributed by atoms with Crippen LogP contribution in [-0.4, -0.2) is 25.7 Å². The molecule has 0 amide bonds. The van der Waals surface area contributed by atoms with Gasteiger partial charge in [-0.2, -0.15) is 9.61 Å². The van der Waals surface area contributed by atoms with E-state index in [1.807, 2.05) is 13.8 Å². The maximum atomic E-state index is 11.0. The van der Waals surface area contributed by atoms with Gasteiger partial charge in [-0.1, -0.05) is 25.2 Å². The van der Waals surface area contributed by atoms with Gasteiger partial charge in [-0.05, 0) is 5.92 Å². The van der Waals surface area contributed by atoms with Crippen LogP contribution in [0.3, 0.4) is 0 Å². The fraction of sp³-hybridized carbons (Fsp3) is 0.375. The molecule has 14 heavy (non-hydrogen) atoms. The predicted molar refractivity (Wildman–Crippen MR) is 51.9 cm³/mol. The molecule has 1 N–H and O–H groups in total. The van der Waals surface area contributed by atoms with Gasteiger partial charge < -0.3 is 5.11 Å². The van der Waals surface area contributed by atoms with Gasteiger partial charge in [0.2, 0.25) is 4.96 Å². The molecule has 0 saturated carbocycles. The number of hydrogen-bond donors (Lipinski definition) is 1. The van der Waals surface area contributed by atoms with E-state index in [2.05, 4.69) is 10.1 Å². The van der Waals surface area contributed by atoms with Gasteiger partial charge in [-0.25, -0.2) is 9.78 Å². The van der Waals surface area contributed by atoms with E-state index in [9.17, 15) is 4.79 Å². The molecular formula is C8H9N3O2S. The fourth-order valence-corrected chi connectivity index (χ4v) is 1.94. The van der Waals surface area contributed by atoms with E-state index >= 15 is 0 Å². The number of carboxylic acids is 1. The number of imidazole rings is 1. The van der Waals surface area contributed by atoms with E-state index < -0.39 is 5.97 Å². The van der Waals surface area contributed by atoms with Gasteiger partial charge in [-0.15, -0.1) is 0 Å². The summed E-state index contributed by atoms with van der Waals surface area (Å²) in [7, 11) is 0. The highest BCUT2D eigenvalue weighted by Gasteiger charge is 2.21. The molecule has 2 rings (SSSR count). The zero-order valence-corrected chi connectivity index (χ0v) is 8.58. The Morgan fingerprint density at radius 2 is 2.36 bits per heavy atom. The molecule has 0 fully saturated rings. The Hall–Kier alpha value is -1.43. The summed E-state index contributed by atoms with van der Waals surface area (Å²) >= 11 is 1.33. The van der Waals surface area contributed by atoms with Crippen LogP contribution in [0.1, 0.15) is 35.9 Å². The first-order valence-corrected chi connectivity index (χ1v) is 5.04. The minimum atomic E-state index is -0.980. The van der Waals surface area contributed by atoms with Crippen LogP contribution >= 0.6 is 11.3 Å². The second-order valence-electron chi connectivity index (χ2n) is 3.24. The molecule has 5 nitrogen and oxygen atoms in total. The zero-order valence-electron chi connectivity index (χ0n) is 7.76. The highest BCUT2D eigenvalue weighted by Crippen LogP contribution is 2.21. The van der Waals surface area contributed by atoms with Crippen LogP contribution in [-0.2, 0) is 0 Å². The summed E-state index contributed by atoms with van der Waals surface area (Å²) < 4.78 is 1.38. The van der Waals surface area contributed by atoms with Crippen molar-refractivity contribution < 1.29 is 9.90 Å². The molecular weight excluding hydrogens is 202 g/mol. The number of hydrogen-bond acceptors (Lipinski definition) is 4. The maximum absolute atomic E-state index is 11.0. The molecule has 0 bridgehead atoms. The second-order valence-corrected chi connectivity index (χ2v) is 4.05. The minimum absolute atomic E-state index is 0.0926. The molecule has 2 heterocycles. The van der Waals surface area contributed by atoms with Crippen LogP contribution in [0.15, 0.2) is 5.51 Å². The van der Waals surface area contributed by atoms with Crippen LogP contribution in [0.25, 0.3) is 4.96 Å². The van der Waals surface area contributed by atoms with E-state index in [0.717, 1.165) is 0 Å². The topological polar surface area (TPSA) is 67.5 Å². The Balaban J connectivity index is 2.76. The summed E-state index contributed by atoms with van der Waals surface area (Å²) in [5.74, 6) is -0.887. The van der Waals surface area contributed by atoms with Crippen LogP contribution in [0.4, 0.5) is 0 Å². The number of carboxylic acid groups (broad SMARTS) is 1. The van der Waals surface area contributed by atoms with Crippen LogP contribution in [0.2, 0.25) is 0 Å². The molecule has 2 aromatic rings. The number of aromatic carboxylic acids is 1. The van der Waals surface area contributed by atoms with E-state index in [1.165, 1.54) is 15.9 Å². The third-order valence-electron chi connectivity index (χ3n) is 1.92. The van der Waals surface area contributed by atoms with Gasteiger partial charge in [0.1, 0.15) is 5.51 Å². The number of aromatic nitrogens is 3. The standard InChI is InChI=1S/C8H9N3O2S/c1-4(2)5-6(7(12)13)11-8(10-5)14-3-9-11/h3-4H,1-2H3,(H,12,13). The first-order chi connectivity index (χ1) is 6.61. The van der Waals surface area contributed by atoms with Crippen molar-refractivity contribution in [1.82, 2.24) is 14.6 Å². The first kappa shape index (κ1) is 9.14. The third kappa shape index (κ3) is 1.19. The van der Waals surface area contributed by atoms with Crippen molar-refractivity contribution in [3.63, 3.8) is 0 Å². The van der Waals surface area contributed by atoms with E-state index in [0.29, 0.717) is 10.7 Å². The van der Waals surface area contributed by atoms with Crippen molar-refractivity contribution in [3.8, 4) is 0 Å². The summed E-state index contributed by atoms with van der Waals surface area (Å²) in [6, 6.07) is 0. The number of nitrogens with zero attached hydrogens (tertiary/aromatic N) is 3. The molecule has 0 atom stereocenters. The van der Waals surface area contributed by atoms with Gasteiger partial charge in [0, 0.05) is 0 Å². The number of rotatable bonds is 2. The average molecular weight is 211 g/mol. The smallest absolute Gasteiger partial charge is 0.356 e. The lowest BCUT2D eigenvalue weighted by Crippen LogP contribution is -2.07. The van der Waals surface area contributed by atoms with E-state index in [-0.39, 0.29) is 11.6 Å². The zero-order chi connectivity index (χ0) is 10.3. The van der Waals surface area contributed by atoms with Gasteiger partial charge >= 0.3 is 5.97 Å². The Morgan fingerprint density at radius 1 is 1.64 bits per heavy atom. The monoisotopic (exact) mass is 211 g/mol. The molecule has 0 spiro atoms. The molecule has 0 radical (unpaired) electrons. The Bertz CT molecular complexity index is 486. The minimum Gasteiger partial charge on any atom is -0.476 e. The molecule has 0 aliphatic rings. The maximum Gasteiger partial charge on any atom is 0.356 e. The van der Waals surface area contributed by atoms with Crippen molar-refractivity contribution >= 4 is 22.3 Å². The predicted octanol–water partition coefficient (Wildman–Crippen LogP) is 1.61. The first-order valence-electron chi connectivity index (χ1n) is 4.16. The van der Waals surface area contributed by atoms with Crippen molar-refractivity contribution in [3.05, 3.63) is 16.9 Å². The lowest BCUT2D eigenvalue weighted by molar-refractivity contribution is 0.0686. The van der Waals surface area contributed by atoms with Gasteiger partial charge in [0.05, 0.1) is 5.69 Å². The van der Waals surface area contributed by atoms with Crippen molar-refractivity contribution in [2.24, 2.45) is 0 Å². The SMILES string of the molecule is CC(C)c1nc2scnn2c1C(=O)O. The third-order valence-corrected chi connectivity index (χ3v) is 2.60. The Labute approximate surface area is 84.0 Å². The average Bonchev–Trinajstić information content (AvgIpc) is 2.58. The molecule has 6 heteroatoms. The molecule has 0 aliphatic heterocycles. The van der Waals surface area contributed by atoms with Crippen molar-refractivity contribution in [1.29, 1.82) is 0 Å². The van der Waals surface area contributed by atoms with Crippen LogP contribution in [0.5, 0.6) is 0 Å². The summed E-state index contributed by atoms with van der Waals surface area (Å²) in [4.78, 5) is 15.9. The lowest BCUT2D eigenvalue weighted by Gasteiger charge is -2.00. The summed E-state index contributed by atoms with van der Waals surface area (Å²) in [6.07, 6.45) is 0. The van der Waals surface area contributed by atoms with E-state index in [1.54, 1.807) is 5.51 Å². The molecule has 2 aromatic heterocycles. The van der Waals surface area contributed by atoms with Gasteiger partial charge in [0.25, 0.3) is 0 Å². The molecule has 0 aliphatic carbocycles. The highest BCUT2D eigenvalue weighted by molar-refractivity contribution is 7.14. The largest absolute Gasteiger partial charge is 0.476 e. The summed E-state index contributed by atoms with van der Waals surface area (Å²) in [5, 5.41) is 13.0. The normalized spacial score (nSPS) is 11.4. The fourth-order valence-electron chi connectivity index (χ4n) is 1.31. The quantitative estimate of drug-likeness (QED) is 0.819. The molecule has 0 aromatic carbocycles. The Kier molecular flexibility index (Phi) is 1.99. The van der Waals surface area contributed by atoms with Gasteiger partial charge in [0.15, 0.2) is 5.69 Å². The van der Waals surface area contributed by atoms with Crippen LogP contribution < -0.4 is 0 Å². The van der Waals surface area contributed by atoms with Crippen molar-refractivity contribution in [2.45, 2.75) is 19.8 Å².